The summed E-state index contributed by atoms with van der Waals surface area (Å²) < 4.78 is 0.866. The number of hydrogen-bond donors (Lipinski definition) is 0. The number of anilines is 1. The SMILES string of the molecule is CN(Cc1cccc([N+](=O)[O-])c1)C(=O)C1CC(=O)N(c2cccc(Br)c2)C1. The van der Waals surface area contributed by atoms with Gasteiger partial charge in [0.05, 0.1) is 10.8 Å². The van der Waals surface area contributed by atoms with E-state index in [1.807, 2.05) is 24.3 Å². The summed E-state index contributed by atoms with van der Waals surface area (Å²) in [4.78, 5) is 38.7. The number of non-ortho nitro benzene ring substituents is 1. The van der Waals surface area contributed by atoms with Gasteiger partial charge in [0.15, 0.2) is 0 Å². The standard InChI is InChI=1S/C19H18BrN3O4/c1-21(11-13-4-2-7-17(8-13)23(26)27)19(25)14-9-18(24)22(12-14)16-6-3-5-15(20)10-16/h2-8,10,14H,9,11-12H2,1H3. The van der Waals surface area contributed by atoms with Crippen molar-refractivity contribution in [2.24, 2.45) is 5.92 Å². The largest absolute Gasteiger partial charge is 0.341 e. The number of hydrogen-bond acceptors (Lipinski definition) is 4. The summed E-state index contributed by atoms with van der Waals surface area (Å²) in [5.41, 5.74) is 1.42. The quantitative estimate of drug-likeness (QED) is 0.536. The Morgan fingerprint density at radius 1 is 1.30 bits per heavy atom. The number of carbonyl (C=O) groups excluding carboxylic acids is 2. The molecule has 0 bridgehead atoms. The Kier molecular flexibility index (Phi) is 5.55. The van der Waals surface area contributed by atoms with Gasteiger partial charge in [-0.15, -0.1) is 0 Å². The van der Waals surface area contributed by atoms with Crippen LogP contribution >= 0.6 is 15.9 Å². The molecule has 2 aromatic carbocycles. The van der Waals surface area contributed by atoms with Crippen molar-refractivity contribution < 1.29 is 14.5 Å². The van der Waals surface area contributed by atoms with Gasteiger partial charge in [0.1, 0.15) is 0 Å². The third kappa shape index (κ3) is 4.33. The normalized spacial score (nSPS) is 16.4. The molecule has 1 aliphatic rings. The Morgan fingerprint density at radius 3 is 2.74 bits per heavy atom. The maximum atomic E-state index is 12.8. The van der Waals surface area contributed by atoms with Gasteiger partial charge in [-0.05, 0) is 23.8 Å². The van der Waals surface area contributed by atoms with Gasteiger partial charge < -0.3 is 9.80 Å². The lowest BCUT2D eigenvalue weighted by molar-refractivity contribution is -0.384. The molecule has 1 fully saturated rings. The maximum Gasteiger partial charge on any atom is 0.269 e. The highest BCUT2D eigenvalue weighted by molar-refractivity contribution is 9.10. The van der Waals surface area contributed by atoms with Crippen molar-refractivity contribution in [1.29, 1.82) is 0 Å². The second kappa shape index (κ2) is 7.87. The Bertz CT molecular complexity index is 902. The van der Waals surface area contributed by atoms with Gasteiger partial charge >= 0.3 is 0 Å². The molecule has 1 heterocycles. The van der Waals surface area contributed by atoms with E-state index < -0.39 is 10.8 Å². The molecule has 1 aliphatic heterocycles. The van der Waals surface area contributed by atoms with Crippen LogP contribution < -0.4 is 4.90 Å². The molecule has 1 atom stereocenters. The summed E-state index contributed by atoms with van der Waals surface area (Å²) in [6.07, 6.45) is 0.157. The molecule has 8 heteroatoms. The first-order valence-electron chi connectivity index (χ1n) is 8.39. The molecule has 7 nitrogen and oxygen atoms in total. The van der Waals surface area contributed by atoms with E-state index >= 15 is 0 Å². The van der Waals surface area contributed by atoms with E-state index in [2.05, 4.69) is 15.9 Å². The van der Waals surface area contributed by atoms with Crippen LogP contribution in [-0.4, -0.2) is 35.2 Å². The first-order valence-corrected chi connectivity index (χ1v) is 9.18. The summed E-state index contributed by atoms with van der Waals surface area (Å²) in [6.45, 7) is 0.579. The number of rotatable bonds is 5. The number of halogens is 1. The molecule has 0 aromatic heterocycles. The van der Waals surface area contributed by atoms with Crippen LogP contribution in [0.15, 0.2) is 53.0 Å². The van der Waals surface area contributed by atoms with Gasteiger partial charge in [0.2, 0.25) is 11.8 Å². The van der Waals surface area contributed by atoms with Crippen LogP contribution in [0.1, 0.15) is 12.0 Å². The van der Waals surface area contributed by atoms with E-state index in [1.54, 1.807) is 24.1 Å². The fraction of sp³-hybridized carbons (Fsp3) is 0.263. The minimum absolute atomic E-state index is 0.00905. The minimum Gasteiger partial charge on any atom is -0.341 e. The van der Waals surface area contributed by atoms with Crippen molar-refractivity contribution >= 4 is 39.1 Å². The average molecular weight is 432 g/mol. The number of benzene rings is 2. The Balaban J connectivity index is 1.68. The molecule has 0 spiro atoms. The molecular weight excluding hydrogens is 414 g/mol. The zero-order valence-corrected chi connectivity index (χ0v) is 16.3. The highest BCUT2D eigenvalue weighted by atomic mass is 79.9. The smallest absolute Gasteiger partial charge is 0.269 e. The van der Waals surface area contributed by atoms with Crippen molar-refractivity contribution in [1.82, 2.24) is 4.90 Å². The van der Waals surface area contributed by atoms with Crippen molar-refractivity contribution in [3.05, 3.63) is 68.7 Å². The van der Waals surface area contributed by atoms with Crippen LogP contribution in [0.2, 0.25) is 0 Å². The van der Waals surface area contributed by atoms with Crippen LogP contribution in [0.4, 0.5) is 11.4 Å². The molecule has 140 valence electrons. The number of nitrogens with zero attached hydrogens (tertiary/aromatic N) is 3. The molecule has 1 saturated heterocycles. The van der Waals surface area contributed by atoms with E-state index in [4.69, 9.17) is 0 Å². The number of carbonyl (C=O) groups is 2. The summed E-state index contributed by atoms with van der Waals surface area (Å²) in [5, 5.41) is 10.9. The van der Waals surface area contributed by atoms with Gasteiger partial charge in [0.25, 0.3) is 5.69 Å². The average Bonchev–Trinajstić information content (AvgIpc) is 3.03. The molecule has 0 saturated carbocycles. The summed E-state index contributed by atoms with van der Waals surface area (Å²) in [5.74, 6) is -0.664. The van der Waals surface area contributed by atoms with Crippen molar-refractivity contribution in [2.45, 2.75) is 13.0 Å². The molecule has 2 amide bonds. The maximum absolute atomic E-state index is 12.8. The van der Waals surface area contributed by atoms with E-state index in [0.717, 1.165) is 10.2 Å². The number of nitro benzene ring substituents is 1. The van der Waals surface area contributed by atoms with Crippen molar-refractivity contribution in [2.75, 3.05) is 18.5 Å². The lowest BCUT2D eigenvalue weighted by atomic mass is 10.1. The van der Waals surface area contributed by atoms with E-state index in [-0.39, 0.29) is 30.5 Å². The van der Waals surface area contributed by atoms with Crippen molar-refractivity contribution in [3.63, 3.8) is 0 Å². The van der Waals surface area contributed by atoms with E-state index in [0.29, 0.717) is 12.1 Å². The van der Waals surface area contributed by atoms with E-state index in [9.17, 15) is 19.7 Å². The van der Waals surface area contributed by atoms with Crippen LogP contribution in [-0.2, 0) is 16.1 Å². The summed E-state index contributed by atoms with van der Waals surface area (Å²) in [7, 11) is 1.65. The molecule has 0 aliphatic carbocycles. The minimum atomic E-state index is -0.461. The molecule has 27 heavy (non-hydrogen) atoms. The monoisotopic (exact) mass is 431 g/mol. The van der Waals surface area contributed by atoms with Crippen LogP contribution in [0.3, 0.4) is 0 Å². The summed E-state index contributed by atoms with van der Waals surface area (Å²) >= 11 is 3.39. The fourth-order valence-corrected chi connectivity index (χ4v) is 3.59. The number of nitro groups is 1. The lowest BCUT2D eigenvalue weighted by Crippen LogP contribution is -2.34. The first kappa shape index (κ1) is 19.0. The third-order valence-corrected chi connectivity index (χ3v) is 5.00. The van der Waals surface area contributed by atoms with Gasteiger partial charge in [-0.2, -0.15) is 0 Å². The zero-order chi connectivity index (χ0) is 19.6. The van der Waals surface area contributed by atoms with Crippen LogP contribution in [0.25, 0.3) is 0 Å². The van der Waals surface area contributed by atoms with Gasteiger partial charge in [0, 0.05) is 48.9 Å². The molecule has 0 N–H and O–H groups in total. The van der Waals surface area contributed by atoms with Gasteiger partial charge in [-0.25, -0.2) is 0 Å². The molecular formula is C19H18BrN3O4. The third-order valence-electron chi connectivity index (χ3n) is 4.51. The topological polar surface area (TPSA) is 83.8 Å². The van der Waals surface area contributed by atoms with Gasteiger partial charge in [-0.1, -0.05) is 34.1 Å². The Morgan fingerprint density at radius 2 is 2.04 bits per heavy atom. The Hall–Kier alpha value is -2.74. The van der Waals surface area contributed by atoms with Gasteiger partial charge in [-0.3, -0.25) is 19.7 Å². The molecule has 1 unspecified atom stereocenters. The molecule has 0 radical (unpaired) electrons. The predicted octanol–water partition coefficient (Wildman–Crippen LogP) is 3.37. The second-order valence-electron chi connectivity index (χ2n) is 6.51. The van der Waals surface area contributed by atoms with Crippen molar-refractivity contribution in [3.8, 4) is 0 Å². The first-order chi connectivity index (χ1) is 12.8. The predicted molar refractivity (Wildman–Crippen MR) is 104 cm³/mol. The highest BCUT2D eigenvalue weighted by Crippen LogP contribution is 2.28. The fourth-order valence-electron chi connectivity index (χ4n) is 3.20. The van der Waals surface area contributed by atoms with Crippen LogP contribution in [0.5, 0.6) is 0 Å². The zero-order valence-electron chi connectivity index (χ0n) is 14.7. The lowest BCUT2D eigenvalue weighted by Gasteiger charge is -2.21. The van der Waals surface area contributed by atoms with E-state index in [1.165, 1.54) is 17.0 Å². The Labute approximate surface area is 164 Å². The number of amides is 2. The highest BCUT2D eigenvalue weighted by Gasteiger charge is 2.36. The second-order valence-corrected chi connectivity index (χ2v) is 7.42. The van der Waals surface area contributed by atoms with Crippen LogP contribution in [0, 0.1) is 16.0 Å². The molecule has 3 rings (SSSR count). The summed E-state index contributed by atoms with van der Waals surface area (Å²) in [6, 6.07) is 13.6. The molecule has 2 aromatic rings.